The van der Waals surface area contributed by atoms with Crippen molar-refractivity contribution in [2.24, 2.45) is 0 Å². The van der Waals surface area contributed by atoms with Gasteiger partial charge in [-0.3, -0.25) is 4.98 Å². The molecule has 1 saturated carbocycles. The highest BCUT2D eigenvalue weighted by atomic mass is 127. The van der Waals surface area contributed by atoms with Gasteiger partial charge in [-0.1, -0.05) is 11.6 Å². The van der Waals surface area contributed by atoms with Crippen LogP contribution in [-0.2, 0) is 0 Å². The molecule has 0 N–H and O–H groups in total. The van der Waals surface area contributed by atoms with Crippen LogP contribution in [0.1, 0.15) is 24.5 Å². The van der Waals surface area contributed by atoms with Gasteiger partial charge in [0, 0.05) is 21.1 Å². The molecule has 1 fully saturated rings. The van der Waals surface area contributed by atoms with Crippen LogP contribution in [-0.4, -0.2) is 15.0 Å². The van der Waals surface area contributed by atoms with Crippen LogP contribution in [0.25, 0.3) is 11.5 Å². The zero-order chi connectivity index (χ0) is 13.6. The molecule has 0 aromatic carbocycles. The molecule has 2 heterocycles. The van der Waals surface area contributed by atoms with Gasteiger partial charge in [0.2, 0.25) is 0 Å². The lowest BCUT2D eigenvalue weighted by Crippen LogP contribution is -2.01. The van der Waals surface area contributed by atoms with E-state index in [4.69, 9.17) is 11.6 Å². The average Bonchev–Trinajstić information content (AvgIpc) is 3.17. The monoisotopic (exact) mass is 513 g/mol. The van der Waals surface area contributed by atoms with Crippen molar-refractivity contribution in [2.45, 2.75) is 18.8 Å². The van der Waals surface area contributed by atoms with Crippen molar-refractivity contribution in [3.8, 4) is 11.5 Å². The minimum atomic E-state index is 0.504. The second kappa shape index (κ2) is 5.54. The SMILES string of the molecule is Clc1nc(-c2ncc(Br)cc2Br)nc(C2CC2)c1I. The van der Waals surface area contributed by atoms with Crippen LogP contribution in [0, 0.1) is 3.57 Å². The lowest BCUT2D eigenvalue weighted by atomic mass is 10.2. The Labute approximate surface area is 146 Å². The van der Waals surface area contributed by atoms with Gasteiger partial charge in [-0.2, -0.15) is 0 Å². The first kappa shape index (κ1) is 14.2. The van der Waals surface area contributed by atoms with E-state index in [1.165, 1.54) is 12.8 Å². The van der Waals surface area contributed by atoms with E-state index < -0.39 is 0 Å². The summed E-state index contributed by atoms with van der Waals surface area (Å²) in [6.07, 6.45) is 4.08. The summed E-state index contributed by atoms with van der Waals surface area (Å²) >= 11 is 15.3. The Morgan fingerprint density at radius 2 is 2.00 bits per heavy atom. The van der Waals surface area contributed by atoms with E-state index in [1.807, 2.05) is 6.07 Å². The Morgan fingerprint density at radius 1 is 1.26 bits per heavy atom. The fraction of sp³-hybridized carbons (Fsp3) is 0.250. The molecule has 1 aliphatic rings. The lowest BCUT2D eigenvalue weighted by molar-refractivity contribution is 0.970. The molecular formula is C12H7Br2ClIN3. The number of hydrogen-bond acceptors (Lipinski definition) is 3. The second-order valence-corrected chi connectivity index (χ2v) is 7.50. The summed E-state index contributed by atoms with van der Waals surface area (Å²) in [5, 5.41) is 0.504. The Kier molecular flexibility index (Phi) is 4.13. The third-order valence-electron chi connectivity index (χ3n) is 2.82. The second-order valence-electron chi connectivity index (χ2n) is 4.30. The maximum atomic E-state index is 6.21. The minimum absolute atomic E-state index is 0.504. The Bertz CT molecular complexity index is 662. The molecule has 0 saturated heterocycles. The van der Waals surface area contributed by atoms with Crippen molar-refractivity contribution in [2.75, 3.05) is 0 Å². The van der Waals surface area contributed by atoms with Crippen molar-refractivity contribution >= 4 is 66.1 Å². The maximum Gasteiger partial charge on any atom is 0.181 e. The van der Waals surface area contributed by atoms with Gasteiger partial charge in [-0.15, -0.1) is 0 Å². The van der Waals surface area contributed by atoms with Gasteiger partial charge in [0.1, 0.15) is 10.8 Å². The fourth-order valence-corrected chi connectivity index (χ4v) is 3.77. The first-order valence-electron chi connectivity index (χ1n) is 5.60. The van der Waals surface area contributed by atoms with Gasteiger partial charge in [-0.25, -0.2) is 9.97 Å². The van der Waals surface area contributed by atoms with Gasteiger partial charge in [0.15, 0.2) is 5.82 Å². The number of hydrogen-bond donors (Lipinski definition) is 0. The van der Waals surface area contributed by atoms with Gasteiger partial charge < -0.3 is 0 Å². The molecule has 2 aromatic heterocycles. The van der Waals surface area contributed by atoms with E-state index in [9.17, 15) is 0 Å². The smallest absolute Gasteiger partial charge is 0.181 e. The molecule has 7 heteroatoms. The summed E-state index contributed by atoms with van der Waals surface area (Å²) in [7, 11) is 0. The average molecular weight is 515 g/mol. The number of nitrogens with zero attached hydrogens (tertiary/aromatic N) is 3. The summed E-state index contributed by atoms with van der Waals surface area (Å²) in [4.78, 5) is 13.3. The van der Waals surface area contributed by atoms with E-state index in [0.717, 1.165) is 18.2 Å². The molecule has 0 spiro atoms. The van der Waals surface area contributed by atoms with E-state index in [0.29, 0.717) is 22.6 Å². The third kappa shape index (κ3) is 2.96. The Morgan fingerprint density at radius 3 is 2.63 bits per heavy atom. The summed E-state index contributed by atoms with van der Waals surface area (Å²) in [6.45, 7) is 0. The molecule has 3 nitrogen and oxygen atoms in total. The minimum Gasteiger partial charge on any atom is -0.251 e. The quantitative estimate of drug-likeness (QED) is 0.408. The molecule has 3 rings (SSSR count). The van der Waals surface area contributed by atoms with Crippen LogP contribution in [0.4, 0.5) is 0 Å². The van der Waals surface area contributed by atoms with Gasteiger partial charge >= 0.3 is 0 Å². The van der Waals surface area contributed by atoms with E-state index in [2.05, 4.69) is 69.4 Å². The highest BCUT2D eigenvalue weighted by molar-refractivity contribution is 14.1. The van der Waals surface area contributed by atoms with Crippen molar-refractivity contribution in [3.63, 3.8) is 0 Å². The topological polar surface area (TPSA) is 38.7 Å². The first-order valence-corrected chi connectivity index (χ1v) is 8.65. The van der Waals surface area contributed by atoms with Gasteiger partial charge in [0.05, 0.1) is 9.26 Å². The largest absolute Gasteiger partial charge is 0.251 e. The summed E-state index contributed by atoms with van der Waals surface area (Å²) < 4.78 is 2.71. The van der Waals surface area contributed by atoms with Gasteiger partial charge in [0.25, 0.3) is 0 Å². The molecular weight excluding hydrogens is 508 g/mol. The molecule has 98 valence electrons. The van der Waals surface area contributed by atoms with Crippen LogP contribution in [0.2, 0.25) is 5.15 Å². The number of aromatic nitrogens is 3. The summed E-state index contributed by atoms with van der Waals surface area (Å²) in [5.41, 5.74) is 1.76. The Balaban J connectivity index is 2.14. The molecule has 0 bridgehead atoms. The van der Waals surface area contributed by atoms with Crippen molar-refractivity contribution in [1.82, 2.24) is 15.0 Å². The van der Waals surface area contributed by atoms with Crippen LogP contribution < -0.4 is 0 Å². The van der Waals surface area contributed by atoms with Gasteiger partial charge in [-0.05, 0) is 73.4 Å². The summed E-state index contributed by atoms with van der Waals surface area (Å²) in [6, 6.07) is 1.92. The number of rotatable bonds is 2. The van der Waals surface area contributed by atoms with Crippen LogP contribution in [0.3, 0.4) is 0 Å². The Hall–Kier alpha value is 0.210. The van der Waals surface area contributed by atoms with Crippen molar-refractivity contribution in [1.29, 1.82) is 0 Å². The standard InChI is InChI=1S/C12H7Br2ClIN3/c13-6-3-7(14)10(17-4-6)12-18-9(5-1-2-5)8(16)11(15)19-12/h3-5H,1-2H2. The molecule has 2 aromatic rings. The molecule has 0 unspecified atom stereocenters. The first-order chi connectivity index (χ1) is 9.06. The molecule has 0 atom stereocenters. The van der Waals surface area contributed by atoms with E-state index >= 15 is 0 Å². The number of halogens is 4. The van der Waals surface area contributed by atoms with Crippen LogP contribution in [0.15, 0.2) is 21.2 Å². The van der Waals surface area contributed by atoms with Crippen LogP contribution >= 0.6 is 66.1 Å². The zero-order valence-corrected chi connectivity index (χ0v) is 15.6. The maximum absolute atomic E-state index is 6.21. The molecule has 1 aliphatic carbocycles. The normalized spacial score (nSPS) is 14.7. The van der Waals surface area contributed by atoms with E-state index in [1.54, 1.807) is 6.20 Å². The van der Waals surface area contributed by atoms with Crippen molar-refractivity contribution in [3.05, 3.63) is 35.6 Å². The lowest BCUT2D eigenvalue weighted by Gasteiger charge is -2.08. The number of pyridine rings is 1. The highest BCUT2D eigenvalue weighted by Crippen LogP contribution is 2.43. The van der Waals surface area contributed by atoms with Crippen LogP contribution in [0.5, 0.6) is 0 Å². The molecule has 0 aliphatic heterocycles. The van der Waals surface area contributed by atoms with E-state index in [-0.39, 0.29) is 0 Å². The molecule has 0 radical (unpaired) electrons. The summed E-state index contributed by atoms with van der Waals surface area (Å²) in [5.74, 6) is 1.10. The van der Waals surface area contributed by atoms with Crippen molar-refractivity contribution < 1.29 is 0 Å². The highest BCUT2D eigenvalue weighted by Gasteiger charge is 2.29. The molecule has 19 heavy (non-hydrogen) atoms. The predicted octanol–water partition coefficient (Wildman–Crippen LogP) is 5.20. The molecule has 0 amide bonds. The zero-order valence-electron chi connectivity index (χ0n) is 9.50. The fourth-order valence-electron chi connectivity index (χ4n) is 1.75. The third-order valence-corrected chi connectivity index (χ3v) is 5.51. The predicted molar refractivity (Wildman–Crippen MR) is 90.4 cm³/mol.